The van der Waals surface area contributed by atoms with Crippen LogP contribution in [-0.4, -0.2) is 41.5 Å². The Hall–Kier alpha value is -0.610. The predicted octanol–water partition coefficient (Wildman–Crippen LogP) is 1.35. The van der Waals surface area contributed by atoms with Gasteiger partial charge >= 0.3 is 0 Å². The molecule has 0 saturated heterocycles. The number of amides is 1. The van der Waals surface area contributed by atoms with Crippen LogP contribution in [0.1, 0.15) is 48.0 Å². The molecule has 1 atom stereocenters. The van der Waals surface area contributed by atoms with Gasteiger partial charge in [-0.05, 0) is 41.2 Å². The Balaban J connectivity index is 4.44. The van der Waals surface area contributed by atoms with Crippen molar-refractivity contribution in [2.24, 2.45) is 5.73 Å². The first-order valence-electron chi connectivity index (χ1n) is 6.48. The minimum atomic E-state index is -0.175. The van der Waals surface area contributed by atoms with Crippen LogP contribution in [0, 0.1) is 0 Å². The second kappa shape index (κ2) is 6.97. The molecule has 1 amide bonds. The molecule has 0 heterocycles. The number of hydrogen-bond donors (Lipinski definition) is 2. The normalized spacial score (nSPS) is 14.2. The quantitative estimate of drug-likeness (QED) is 0.740. The van der Waals surface area contributed by atoms with Crippen molar-refractivity contribution < 1.29 is 4.79 Å². The molecule has 0 spiro atoms. The lowest BCUT2D eigenvalue weighted by Gasteiger charge is -2.33. The van der Waals surface area contributed by atoms with Crippen molar-refractivity contribution in [2.75, 3.05) is 13.1 Å². The molecule has 3 N–H and O–H groups in total. The fourth-order valence-corrected chi connectivity index (χ4v) is 2.06. The molecule has 0 fully saturated rings. The van der Waals surface area contributed by atoms with Crippen LogP contribution in [-0.2, 0) is 4.79 Å². The van der Waals surface area contributed by atoms with E-state index in [1.807, 2.05) is 20.8 Å². The van der Waals surface area contributed by atoms with Crippen LogP contribution >= 0.6 is 0 Å². The Labute approximate surface area is 106 Å². The molecule has 102 valence electrons. The number of nitrogens with two attached hydrogens (primary N) is 1. The largest absolute Gasteiger partial charge is 0.351 e. The molecule has 0 aromatic heterocycles. The van der Waals surface area contributed by atoms with E-state index in [2.05, 4.69) is 31.0 Å². The predicted molar refractivity (Wildman–Crippen MR) is 72.9 cm³/mol. The molecule has 1 unspecified atom stereocenters. The van der Waals surface area contributed by atoms with Crippen LogP contribution in [0.25, 0.3) is 0 Å². The average Bonchev–Trinajstić information content (AvgIpc) is 2.13. The van der Waals surface area contributed by atoms with Gasteiger partial charge in [0.1, 0.15) is 0 Å². The number of nitrogens with zero attached hydrogens (tertiary/aromatic N) is 1. The Morgan fingerprint density at radius 3 is 2.18 bits per heavy atom. The zero-order chi connectivity index (χ0) is 13.6. The molecular formula is C13H29N3O. The van der Waals surface area contributed by atoms with Crippen molar-refractivity contribution in [3.8, 4) is 0 Å². The molecule has 0 saturated carbocycles. The van der Waals surface area contributed by atoms with Gasteiger partial charge in [0.15, 0.2) is 0 Å². The third kappa shape index (κ3) is 6.64. The van der Waals surface area contributed by atoms with Crippen molar-refractivity contribution in [3.05, 3.63) is 0 Å². The average molecular weight is 243 g/mol. The maximum atomic E-state index is 11.9. The van der Waals surface area contributed by atoms with Gasteiger partial charge in [-0.2, -0.15) is 0 Å². The maximum absolute atomic E-state index is 11.9. The van der Waals surface area contributed by atoms with Gasteiger partial charge < -0.3 is 11.1 Å². The summed E-state index contributed by atoms with van der Waals surface area (Å²) in [6, 6.07) is 0.540. The van der Waals surface area contributed by atoms with Crippen LogP contribution in [0.2, 0.25) is 0 Å². The summed E-state index contributed by atoms with van der Waals surface area (Å²) in [4.78, 5) is 14.1. The monoisotopic (exact) mass is 243 g/mol. The van der Waals surface area contributed by atoms with E-state index in [1.165, 1.54) is 0 Å². The Morgan fingerprint density at radius 1 is 1.35 bits per heavy atom. The topological polar surface area (TPSA) is 58.4 Å². The second-order valence-electron chi connectivity index (χ2n) is 5.82. The molecule has 0 aromatic carbocycles. The minimum Gasteiger partial charge on any atom is -0.351 e. The Bertz CT molecular complexity index is 233. The number of carbonyl (C=O) groups is 1. The van der Waals surface area contributed by atoms with Crippen LogP contribution < -0.4 is 11.1 Å². The van der Waals surface area contributed by atoms with E-state index >= 15 is 0 Å². The number of nitrogens with one attached hydrogen (secondary N) is 1. The molecule has 0 aliphatic rings. The van der Waals surface area contributed by atoms with Gasteiger partial charge in [0.25, 0.3) is 0 Å². The van der Waals surface area contributed by atoms with Gasteiger partial charge in [-0.25, -0.2) is 0 Å². The number of hydrogen-bond acceptors (Lipinski definition) is 3. The highest BCUT2D eigenvalue weighted by molar-refractivity contribution is 5.77. The summed E-state index contributed by atoms with van der Waals surface area (Å²) in [5.41, 5.74) is 5.60. The van der Waals surface area contributed by atoms with Gasteiger partial charge in [0.2, 0.25) is 5.91 Å². The van der Waals surface area contributed by atoms with E-state index in [4.69, 9.17) is 5.73 Å². The smallest absolute Gasteiger partial charge is 0.222 e. The van der Waals surface area contributed by atoms with Gasteiger partial charge in [-0.15, -0.1) is 0 Å². The second-order valence-corrected chi connectivity index (χ2v) is 5.82. The first-order valence-corrected chi connectivity index (χ1v) is 6.48. The molecule has 4 nitrogen and oxygen atoms in total. The summed E-state index contributed by atoms with van der Waals surface area (Å²) in [7, 11) is 0. The summed E-state index contributed by atoms with van der Waals surface area (Å²) >= 11 is 0. The first kappa shape index (κ1) is 16.4. The fraction of sp³-hybridized carbons (Fsp3) is 0.923. The molecule has 0 radical (unpaired) electrons. The van der Waals surface area contributed by atoms with Crippen LogP contribution in [0.15, 0.2) is 0 Å². The van der Waals surface area contributed by atoms with E-state index < -0.39 is 0 Å². The molecular weight excluding hydrogens is 214 g/mol. The highest BCUT2D eigenvalue weighted by Gasteiger charge is 2.23. The lowest BCUT2D eigenvalue weighted by molar-refractivity contribution is -0.123. The summed E-state index contributed by atoms with van der Waals surface area (Å²) in [6.07, 6.45) is 0.472. The molecule has 0 aromatic rings. The number of rotatable bonds is 6. The molecule has 0 rings (SSSR count). The zero-order valence-electron chi connectivity index (χ0n) is 12.2. The number of likely N-dealkylation sites (N-methyl/N-ethyl adjacent to an activating group) is 1. The Kier molecular flexibility index (Phi) is 6.72. The summed E-state index contributed by atoms with van der Waals surface area (Å²) in [5.74, 6) is 0.0760. The van der Waals surface area contributed by atoms with E-state index in [0.717, 1.165) is 6.54 Å². The molecule has 0 aliphatic heterocycles. The van der Waals surface area contributed by atoms with Gasteiger partial charge in [0, 0.05) is 30.6 Å². The lowest BCUT2D eigenvalue weighted by atomic mass is 10.1. The van der Waals surface area contributed by atoms with Crippen molar-refractivity contribution in [3.63, 3.8) is 0 Å². The molecule has 0 aliphatic carbocycles. The van der Waals surface area contributed by atoms with Crippen molar-refractivity contribution in [2.45, 2.75) is 65.6 Å². The third-order valence-electron chi connectivity index (χ3n) is 2.70. The van der Waals surface area contributed by atoms with E-state index in [9.17, 15) is 4.79 Å². The third-order valence-corrected chi connectivity index (χ3v) is 2.70. The van der Waals surface area contributed by atoms with Crippen LogP contribution in [0.5, 0.6) is 0 Å². The van der Waals surface area contributed by atoms with Gasteiger partial charge in [-0.3, -0.25) is 9.69 Å². The van der Waals surface area contributed by atoms with Gasteiger partial charge in [-0.1, -0.05) is 6.92 Å². The van der Waals surface area contributed by atoms with Crippen LogP contribution in [0.3, 0.4) is 0 Å². The van der Waals surface area contributed by atoms with Crippen molar-refractivity contribution in [1.82, 2.24) is 10.2 Å². The first-order chi connectivity index (χ1) is 7.71. The van der Waals surface area contributed by atoms with Gasteiger partial charge in [0.05, 0.1) is 0 Å². The Morgan fingerprint density at radius 2 is 1.88 bits per heavy atom. The molecule has 17 heavy (non-hydrogen) atoms. The van der Waals surface area contributed by atoms with Crippen molar-refractivity contribution >= 4 is 5.91 Å². The maximum Gasteiger partial charge on any atom is 0.222 e. The summed E-state index contributed by atoms with van der Waals surface area (Å²) < 4.78 is 0. The highest BCUT2D eigenvalue weighted by Crippen LogP contribution is 2.09. The fourth-order valence-electron chi connectivity index (χ4n) is 2.06. The molecule has 0 bridgehead atoms. The summed E-state index contributed by atoms with van der Waals surface area (Å²) in [5, 5.41) is 2.98. The zero-order valence-corrected chi connectivity index (χ0v) is 12.2. The highest BCUT2D eigenvalue weighted by atomic mass is 16.1. The minimum absolute atomic E-state index is 0.0760. The lowest BCUT2D eigenvalue weighted by Crippen LogP contribution is -2.49. The summed E-state index contributed by atoms with van der Waals surface area (Å²) in [6.45, 7) is 13.8. The molecule has 4 heteroatoms. The standard InChI is InChI=1S/C13H29N3O/c1-7-16(10(2)3)11(9-14)8-12(17)15-13(4,5)6/h10-11H,7-9,14H2,1-6H3,(H,15,17). The van der Waals surface area contributed by atoms with Crippen LogP contribution in [0.4, 0.5) is 0 Å². The number of carbonyl (C=O) groups excluding carboxylic acids is 1. The van der Waals surface area contributed by atoms with E-state index in [-0.39, 0.29) is 17.5 Å². The van der Waals surface area contributed by atoms with Crippen molar-refractivity contribution in [1.29, 1.82) is 0 Å². The SMILES string of the molecule is CCN(C(C)C)C(CN)CC(=O)NC(C)(C)C. The van der Waals surface area contributed by atoms with E-state index in [1.54, 1.807) is 0 Å². The van der Waals surface area contributed by atoms with E-state index in [0.29, 0.717) is 19.0 Å².